The van der Waals surface area contributed by atoms with Gasteiger partial charge in [0.1, 0.15) is 30.0 Å². The molecule has 3 heterocycles. The average Bonchev–Trinajstić information content (AvgIpc) is 4.01. The third-order valence-electron chi connectivity index (χ3n) is 12.5. The first kappa shape index (κ1) is 53.1. The monoisotopic (exact) mass is 1020 g/mol. The Balaban J connectivity index is 0.859. The number of nitrogens with zero attached hydrogens (tertiary/aromatic N) is 5. The fraction of sp³-hybridized carbons (Fsp3) is 0.377. The summed E-state index contributed by atoms with van der Waals surface area (Å²) in [5.41, 5.74) is 3.12. The summed E-state index contributed by atoms with van der Waals surface area (Å²) in [5, 5.41) is 25.6. The zero-order chi connectivity index (χ0) is 52.1. The van der Waals surface area contributed by atoms with Crippen LogP contribution in [0.4, 0.5) is 24.5 Å². The van der Waals surface area contributed by atoms with Gasteiger partial charge in [-0.05, 0) is 116 Å². The number of unbranched alkanes of at least 4 members (excludes halogenated alkanes) is 1. The third kappa shape index (κ3) is 12.0. The minimum Gasteiger partial charge on any atom is -0.494 e. The van der Waals surface area contributed by atoms with Crippen LogP contribution in [0.2, 0.25) is 0 Å². The zero-order valence-corrected chi connectivity index (χ0v) is 42.3. The molecule has 5 aromatic rings. The van der Waals surface area contributed by atoms with Crippen molar-refractivity contribution < 1.29 is 46.9 Å². The molecule has 3 N–H and O–H groups in total. The van der Waals surface area contributed by atoms with Crippen LogP contribution in [-0.2, 0) is 36.6 Å². The predicted octanol–water partition coefficient (Wildman–Crippen LogP) is 8.58. The van der Waals surface area contributed by atoms with Gasteiger partial charge in [0.05, 0.1) is 51.7 Å². The molecule has 2 aliphatic heterocycles. The molecule has 0 saturated carbocycles. The van der Waals surface area contributed by atoms with E-state index in [1.807, 2.05) is 88.4 Å². The Kier molecular flexibility index (Phi) is 16.2. The van der Waals surface area contributed by atoms with Crippen LogP contribution in [0.1, 0.15) is 76.3 Å². The Hall–Kier alpha value is -6.72. The number of carbonyl (C=O) groups excluding carboxylic acids is 4. The maximum atomic E-state index is 14.0. The number of thiazole rings is 1. The van der Waals surface area contributed by atoms with E-state index < -0.39 is 70.1 Å². The standard InChI is InChI=1S/C53H56F3N7O7S2/c1-32-45(72-31-59-32)35-14-12-33(13-15-35)28-58-47(66)43-26-40(64)29-61(43)48(67)46(51(2,3)4)60-44(65)30-69-22-7-8-23-70-41-11-9-10-36(24-41)34-16-19-38(20-17-34)63-50(71)62(49(68)52(63,5)6)39-21-18-37(27-57)42(25-39)53(54,55)56/h9-21,24-25,31,40,43,46,64H,7-8,22-23,26,28-30H2,1-6H3,(H,58,66)(H,60,65)/t40-,43+,46?/m1/s1. The summed E-state index contributed by atoms with van der Waals surface area (Å²) in [6.45, 7) is 11.2. The van der Waals surface area contributed by atoms with Crippen molar-refractivity contribution in [1.82, 2.24) is 20.5 Å². The molecule has 0 spiro atoms. The molecule has 72 heavy (non-hydrogen) atoms. The number of anilines is 2. The molecule has 4 aromatic carbocycles. The van der Waals surface area contributed by atoms with E-state index in [-0.39, 0.29) is 43.5 Å². The van der Waals surface area contributed by atoms with Crippen molar-refractivity contribution in [2.75, 3.05) is 36.2 Å². The molecular formula is C53H56F3N7O7S2. The number of carbonyl (C=O) groups is 4. The number of benzene rings is 4. The van der Waals surface area contributed by atoms with Gasteiger partial charge in [-0.1, -0.05) is 69.3 Å². The van der Waals surface area contributed by atoms with Crippen LogP contribution in [0.25, 0.3) is 21.6 Å². The summed E-state index contributed by atoms with van der Waals surface area (Å²) >= 11 is 7.24. The molecule has 0 bridgehead atoms. The lowest BCUT2D eigenvalue weighted by molar-refractivity contribution is -0.144. The number of aliphatic hydroxyl groups excluding tert-OH is 1. The maximum Gasteiger partial charge on any atom is 0.417 e. The summed E-state index contributed by atoms with van der Waals surface area (Å²) in [7, 11) is 0. The van der Waals surface area contributed by atoms with Gasteiger partial charge in [-0.2, -0.15) is 18.4 Å². The normalized spacial score (nSPS) is 17.2. The smallest absolute Gasteiger partial charge is 0.417 e. The second-order valence-corrected chi connectivity index (χ2v) is 20.5. The molecule has 2 aliphatic rings. The van der Waals surface area contributed by atoms with E-state index in [9.17, 15) is 42.7 Å². The topological polar surface area (TPSA) is 177 Å². The van der Waals surface area contributed by atoms with E-state index in [0.717, 1.165) is 49.9 Å². The van der Waals surface area contributed by atoms with Crippen molar-refractivity contribution in [2.24, 2.45) is 5.41 Å². The molecule has 2 saturated heterocycles. The highest BCUT2D eigenvalue weighted by molar-refractivity contribution is 7.81. The van der Waals surface area contributed by atoms with Crippen LogP contribution in [0.3, 0.4) is 0 Å². The molecular weight excluding hydrogens is 968 g/mol. The van der Waals surface area contributed by atoms with Gasteiger partial charge in [-0.25, -0.2) is 4.98 Å². The van der Waals surface area contributed by atoms with Gasteiger partial charge in [0.15, 0.2) is 5.11 Å². The Morgan fingerprint density at radius 1 is 0.958 bits per heavy atom. The number of nitriles is 1. The lowest BCUT2D eigenvalue weighted by Gasteiger charge is -2.35. The Morgan fingerprint density at radius 2 is 1.64 bits per heavy atom. The molecule has 1 unspecified atom stereocenters. The highest BCUT2D eigenvalue weighted by Crippen LogP contribution is 2.40. The highest BCUT2D eigenvalue weighted by Gasteiger charge is 2.51. The largest absolute Gasteiger partial charge is 0.494 e. The van der Waals surface area contributed by atoms with Crippen molar-refractivity contribution in [1.29, 1.82) is 5.26 Å². The number of amides is 4. The lowest BCUT2D eigenvalue weighted by atomic mass is 9.85. The molecule has 378 valence electrons. The SMILES string of the molecule is Cc1ncsc1-c1ccc(CNC(=O)[C@@H]2C[C@@H](O)CN2C(=O)C(NC(=O)COCCCCOc2cccc(-c3ccc(N4C(=S)N(c5ccc(C#N)c(C(F)(F)F)c5)C(=O)C4(C)C)cc3)c2)C(C)(C)C)cc1. The summed E-state index contributed by atoms with van der Waals surface area (Å²) in [4.78, 5) is 63.7. The molecule has 0 aliphatic carbocycles. The number of hydrogen-bond acceptors (Lipinski definition) is 11. The average molecular weight is 1020 g/mol. The van der Waals surface area contributed by atoms with Crippen molar-refractivity contribution in [2.45, 2.75) is 97.3 Å². The summed E-state index contributed by atoms with van der Waals surface area (Å²) in [5.74, 6) is -1.25. The number of ether oxygens (including phenoxy) is 2. The number of alkyl halides is 3. The van der Waals surface area contributed by atoms with Crippen LogP contribution in [0.15, 0.2) is 96.5 Å². The Bertz CT molecular complexity index is 2860. The number of nitrogens with one attached hydrogen (secondary N) is 2. The molecule has 2 fully saturated rings. The molecule has 1 aromatic heterocycles. The summed E-state index contributed by atoms with van der Waals surface area (Å²) in [6, 6.07) is 25.2. The first-order valence-corrected chi connectivity index (χ1v) is 24.6. The van der Waals surface area contributed by atoms with Gasteiger partial charge in [0, 0.05) is 31.8 Å². The number of rotatable bonds is 17. The van der Waals surface area contributed by atoms with Crippen LogP contribution < -0.4 is 25.2 Å². The molecule has 14 nitrogen and oxygen atoms in total. The fourth-order valence-corrected chi connectivity index (χ4v) is 10.0. The van der Waals surface area contributed by atoms with Gasteiger partial charge in [-0.3, -0.25) is 24.1 Å². The number of β-amino-alcohol motifs (C(OH)–C–C–N with tert-alkyl or cyclic N) is 1. The molecule has 0 radical (unpaired) electrons. The van der Waals surface area contributed by atoms with Crippen molar-refractivity contribution in [3.8, 4) is 33.4 Å². The van der Waals surface area contributed by atoms with Crippen LogP contribution in [0, 0.1) is 23.7 Å². The van der Waals surface area contributed by atoms with Gasteiger partial charge in [-0.15, -0.1) is 11.3 Å². The Labute approximate surface area is 425 Å². The first-order chi connectivity index (χ1) is 34.1. The minimum atomic E-state index is -4.81. The molecule has 19 heteroatoms. The third-order valence-corrected chi connectivity index (χ3v) is 13.9. The second-order valence-electron chi connectivity index (χ2n) is 19.3. The summed E-state index contributed by atoms with van der Waals surface area (Å²) in [6.07, 6.45) is -4.44. The maximum absolute atomic E-state index is 14.0. The summed E-state index contributed by atoms with van der Waals surface area (Å²) < 4.78 is 53.1. The second kappa shape index (κ2) is 22.0. The van der Waals surface area contributed by atoms with Crippen LogP contribution in [-0.4, -0.2) is 93.8 Å². The first-order valence-electron chi connectivity index (χ1n) is 23.3. The van der Waals surface area contributed by atoms with E-state index in [4.69, 9.17) is 21.7 Å². The van der Waals surface area contributed by atoms with Crippen molar-refractivity contribution in [3.63, 3.8) is 0 Å². The number of aromatic nitrogens is 1. The number of aryl methyl sites for hydroxylation is 1. The lowest BCUT2D eigenvalue weighted by Crippen LogP contribution is -2.58. The van der Waals surface area contributed by atoms with Crippen LogP contribution in [0.5, 0.6) is 5.75 Å². The highest BCUT2D eigenvalue weighted by atomic mass is 32.1. The molecule has 3 atom stereocenters. The number of hydrogen-bond donors (Lipinski definition) is 3. The molecule has 7 rings (SSSR count). The number of likely N-dealkylation sites (tertiary alicyclic amines) is 1. The number of aliphatic hydroxyl groups is 1. The van der Waals surface area contributed by atoms with Gasteiger partial charge in [0.2, 0.25) is 17.7 Å². The fourth-order valence-electron chi connectivity index (χ4n) is 8.67. The molecule has 4 amide bonds. The minimum absolute atomic E-state index is 0.00432. The predicted molar refractivity (Wildman–Crippen MR) is 272 cm³/mol. The number of halogens is 3. The quantitative estimate of drug-likeness (QED) is 0.0601. The van der Waals surface area contributed by atoms with E-state index in [1.165, 1.54) is 11.0 Å². The number of thiocarbonyl (C=S) groups is 1. The van der Waals surface area contributed by atoms with Crippen molar-refractivity contribution in [3.05, 3.63) is 119 Å². The van der Waals surface area contributed by atoms with E-state index in [1.54, 1.807) is 53.8 Å². The van der Waals surface area contributed by atoms with E-state index in [0.29, 0.717) is 30.9 Å². The van der Waals surface area contributed by atoms with Gasteiger partial charge < -0.3 is 35.0 Å². The van der Waals surface area contributed by atoms with Crippen molar-refractivity contribution >= 4 is 63.7 Å². The van der Waals surface area contributed by atoms with Crippen LogP contribution >= 0.6 is 23.6 Å². The van der Waals surface area contributed by atoms with E-state index in [2.05, 4.69) is 15.6 Å². The Morgan fingerprint density at radius 3 is 2.29 bits per heavy atom. The van der Waals surface area contributed by atoms with Gasteiger partial charge in [0.25, 0.3) is 5.91 Å². The van der Waals surface area contributed by atoms with Gasteiger partial charge >= 0.3 is 6.18 Å². The van der Waals surface area contributed by atoms with E-state index >= 15 is 0 Å². The zero-order valence-electron chi connectivity index (χ0n) is 40.7.